The van der Waals surface area contributed by atoms with Crippen LogP contribution in [0, 0.1) is 0 Å². The van der Waals surface area contributed by atoms with Gasteiger partial charge in [0.25, 0.3) is 11.6 Å². The summed E-state index contributed by atoms with van der Waals surface area (Å²) in [5.74, 6) is 0.0493. The SMILES string of the molecule is CCCc1noc2ncc(C(=O)N3CCO[C@@H]4CCCC[C@@H]43)cc12. The second kappa shape index (κ2) is 6.51. The summed E-state index contributed by atoms with van der Waals surface area (Å²) in [6.45, 7) is 3.38. The monoisotopic (exact) mass is 329 g/mol. The van der Waals surface area contributed by atoms with E-state index in [9.17, 15) is 4.79 Å². The molecule has 24 heavy (non-hydrogen) atoms. The van der Waals surface area contributed by atoms with Crippen molar-refractivity contribution in [1.82, 2.24) is 15.0 Å². The van der Waals surface area contributed by atoms with Crippen molar-refractivity contribution in [2.75, 3.05) is 13.2 Å². The van der Waals surface area contributed by atoms with Gasteiger partial charge in [-0.25, -0.2) is 4.98 Å². The molecule has 1 aliphatic heterocycles. The molecule has 6 heteroatoms. The molecule has 2 aromatic heterocycles. The molecule has 1 saturated heterocycles. The van der Waals surface area contributed by atoms with Crippen molar-refractivity contribution in [3.8, 4) is 0 Å². The molecule has 128 valence electrons. The molecule has 0 unspecified atom stereocenters. The molecular weight excluding hydrogens is 306 g/mol. The molecule has 2 aromatic rings. The van der Waals surface area contributed by atoms with Crippen LogP contribution < -0.4 is 0 Å². The van der Waals surface area contributed by atoms with Gasteiger partial charge in [0.15, 0.2) is 0 Å². The van der Waals surface area contributed by atoms with Gasteiger partial charge < -0.3 is 14.2 Å². The van der Waals surface area contributed by atoms with Crippen molar-refractivity contribution >= 4 is 17.0 Å². The van der Waals surface area contributed by atoms with Crippen LogP contribution in [0.5, 0.6) is 0 Å². The van der Waals surface area contributed by atoms with E-state index in [4.69, 9.17) is 9.26 Å². The summed E-state index contributed by atoms with van der Waals surface area (Å²) >= 11 is 0. The number of ether oxygens (including phenoxy) is 1. The Morgan fingerprint density at radius 1 is 1.38 bits per heavy atom. The van der Waals surface area contributed by atoms with Crippen molar-refractivity contribution in [3.05, 3.63) is 23.5 Å². The highest BCUT2D eigenvalue weighted by atomic mass is 16.5. The number of aromatic nitrogens is 2. The molecule has 3 heterocycles. The third-order valence-corrected chi connectivity index (χ3v) is 5.13. The normalized spacial score (nSPS) is 24.1. The highest BCUT2D eigenvalue weighted by Gasteiger charge is 2.37. The zero-order chi connectivity index (χ0) is 16.5. The standard InChI is InChI=1S/C18H23N3O3/c1-2-5-14-13-10-12(11-19-17(13)24-20-14)18(22)21-8-9-23-16-7-4-3-6-15(16)21/h10-11,15-16H,2-9H2,1H3/t15-,16+/m0/s1. The maximum atomic E-state index is 13.1. The quantitative estimate of drug-likeness (QED) is 0.866. The lowest BCUT2D eigenvalue weighted by atomic mass is 9.90. The number of hydrogen-bond acceptors (Lipinski definition) is 5. The zero-order valence-electron chi connectivity index (χ0n) is 14.0. The predicted octanol–water partition coefficient (Wildman–Crippen LogP) is 2.96. The maximum Gasteiger partial charge on any atom is 0.257 e. The van der Waals surface area contributed by atoms with Gasteiger partial charge >= 0.3 is 0 Å². The van der Waals surface area contributed by atoms with Crippen molar-refractivity contribution in [2.24, 2.45) is 0 Å². The molecule has 1 amide bonds. The Kier molecular flexibility index (Phi) is 4.22. The minimum Gasteiger partial charge on any atom is -0.374 e. The van der Waals surface area contributed by atoms with Crippen molar-refractivity contribution < 1.29 is 14.1 Å². The highest BCUT2D eigenvalue weighted by Crippen LogP contribution is 2.30. The first kappa shape index (κ1) is 15.6. The van der Waals surface area contributed by atoms with Gasteiger partial charge in [0.1, 0.15) is 0 Å². The van der Waals surface area contributed by atoms with Gasteiger partial charge in [-0.1, -0.05) is 31.3 Å². The first-order valence-electron chi connectivity index (χ1n) is 8.95. The fourth-order valence-corrected chi connectivity index (χ4v) is 3.93. The molecule has 1 aliphatic carbocycles. The topological polar surface area (TPSA) is 68.5 Å². The molecule has 2 fully saturated rings. The smallest absolute Gasteiger partial charge is 0.257 e. The number of morpholine rings is 1. The van der Waals surface area contributed by atoms with E-state index in [0.717, 1.165) is 43.2 Å². The van der Waals surface area contributed by atoms with Crippen LogP contribution in [0.4, 0.5) is 0 Å². The minimum absolute atomic E-state index is 0.0493. The Morgan fingerprint density at radius 2 is 2.25 bits per heavy atom. The molecule has 0 aromatic carbocycles. The lowest BCUT2D eigenvalue weighted by Gasteiger charge is -2.43. The number of carbonyl (C=O) groups excluding carboxylic acids is 1. The van der Waals surface area contributed by atoms with E-state index in [2.05, 4.69) is 17.1 Å². The fraction of sp³-hybridized carbons (Fsp3) is 0.611. The molecule has 0 radical (unpaired) electrons. The van der Waals surface area contributed by atoms with Gasteiger partial charge in [0.2, 0.25) is 0 Å². The number of rotatable bonds is 3. The number of amides is 1. The van der Waals surface area contributed by atoms with Gasteiger partial charge in [-0.15, -0.1) is 0 Å². The Bertz CT molecular complexity index is 740. The van der Waals surface area contributed by atoms with Crippen LogP contribution in [0.1, 0.15) is 55.1 Å². The molecule has 0 N–H and O–H groups in total. The first-order valence-corrected chi connectivity index (χ1v) is 8.95. The number of aryl methyl sites for hydroxylation is 1. The van der Waals surface area contributed by atoms with Crippen molar-refractivity contribution in [1.29, 1.82) is 0 Å². The van der Waals surface area contributed by atoms with Crippen molar-refractivity contribution in [2.45, 2.75) is 57.6 Å². The number of nitrogens with zero attached hydrogens (tertiary/aromatic N) is 3. The van der Waals surface area contributed by atoms with E-state index < -0.39 is 0 Å². The van der Waals surface area contributed by atoms with Crippen LogP contribution in [0.2, 0.25) is 0 Å². The third-order valence-electron chi connectivity index (χ3n) is 5.13. The molecule has 4 rings (SSSR count). The van der Waals surface area contributed by atoms with Gasteiger partial charge in [0.05, 0.1) is 35.4 Å². The summed E-state index contributed by atoms with van der Waals surface area (Å²) in [6, 6.07) is 2.09. The largest absolute Gasteiger partial charge is 0.374 e. The molecule has 2 atom stereocenters. The van der Waals surface area contributed by atoms with E-state index in [1.54, 1.807) is 6.20 Å². The van der Waals surface area contributed by atoms with E-state index in [0.29, 0.717) is 24.4 Å². The lowest BCUT2D eigenvalue weighted by Crippen LogP contribution is -2.54. The number of carbonyl (C=O) groups is 1. The van der Waals surface area contributed by atoms with Gasteiger partial charge in [-0.3, -0.25) is 4.79 Å². The molecule has 0 bridgehead atoms. The number of pyridine rings is 1. The van der Waals surface area contributed by atoms with Gasteiger partial charge in [-0.05, 0) is 25.3 Å². The van der Waals surface area contributed by atoms with Crippen LogP contribution >= 0.6 is 0 Å². The minimum atomic E-state index is 0.0493. The molecule has 6 nitrogen and oxygen atoms in total. The van der Waals surface area contributed by atoms with E-state index in [1.165, 1.54) is 6.42 Å². The van der Waals surface area contributed by atoms with Crippen molar-refractivity contribution in [3.63, 3.8) is 0 Å². The number of hydrogen-bond donors (Lipinski definition) is 0. The molecular formula is C18H23N3O3. The number of fused-ring (bicyclic) bond motifs is 2. The summed E-state index contributed by atoms with van der Waals surface area (Å²) in [4.78, 5) is 19.4. The average molecular weight is 329 g/mol. The Balaban J connectivity index is 1.63. The van der Waals surface area contributed by atoms with Gasteiger partial charge in [0, 0.05) is 12.7 Å². The van der Waals surface area contributed by atoms with E-state index in [-0.39, 0.29) is 18.1 Å². The fourth-order valence-electron chi connectivity index (χ4n) is 3.93. The summed E-state index contributed by atoms with van der Waals surface area (Å²) < 4.78 is 11.1. The average Bonchev–Trinajstić information content (AvgIpc) is 3.03. The zero-order valence-corrected chi connectivity index (χ0v) is 14.0. The van der Waals surface area contributed by atoms with Gasteiger partial charge in [-0.2, -0.15) is 0 Å². The molecule has 0 spiro atoms. The Labute approximate surface area is 141 Å². The maximum absolute atomic E-state index is 13.1. The van der Waals surface area contributed by atoms with Crippen LogP contribution in [-0.2, 0) is 11.2 Å². The summed E-state index contributed by atoms with van der Waals surface area (Å²) in [5, 5.41) is 4.94. The summed E-state index contributed by atoms with van der Waals surface area (Å²) in [6.07, 6.45) is 8.05. The predicted molar refractivity (Wildman–Crippen MR) is 88.8 cm³/mol. The van der Waals surface area contributed by atoms with Crippen LogP contribution in [-0.4, -0.2) is 46.2 Å². The van der Waals surface area contributed by atoms with E-state index >= 15 is 0 Å². The lowest BCUT2D eigenvalue weighted by molar-refractivity contribution is -0.0752. The molecule has 2 aliphatic rings. The summed E-state index contributed by atoms with van der Waals surface area (Å²) in [5.41, 5.74) is 2.01. The van der Waals surface area contributed by atoms with Crippen LogP contribution in [0.15, 0.2) is 16.8 Å². The van der Waals surface area contributed by atoms with E-state index in [1.807, 2.05) is 11.0 Å². The molecule has 1 saturated carbocycles. The van der Waals surface area contributed by atoms with Crippen LogP contribution in [0.25, 0.3) is 11.1 Å². The summed E-state index contributed by atoms with van der Waals surface area (Å²) in [7, 11) is 0. The Hall–Kier alpha value is -1.95. The second-order valence-corrected chi connectivity index (χ2v) is 6.72. The van der Waals surface area contributed by atoms with Crippen LogP contribution in [0.3, 0.4) is 0 Å². The first-order chi connectivity index (χ1) is 11.8. The highest BCUT2D eigenvalue weighted by molar-refractivity contribution is 5.97. The Morgan fingerprint density at radius 3 is 3.12 bits per heavy atom. The third kappa shape index (κ3) is 2.69. The second-order valence-electron chi connectivity index (χ2n) is 6.72.